The van der Waals surface area contributed by atoms with Crippen LogP contribution in [0.2, 0.25) is 0 Å². The van der Waals surface area contributed by atoms with Crippen LogP contribution in [-0.4, -0.2) is 25.4 Å². The van der Waals surface area contributed by atoms with Gasteiger partial charge in [0.2, 0.25) is 5.88 Å². The number of hydrogen-bond acceptors (Lipinski definition) is 4. The van der Waals surface area contributed by atoms with Gasteiger partial charge in [-0.1, -0.05) is 47.6 Å². The molecule has 0 spiro atoms. The predicted octanol–water partition coefficient (Wildman–Crippen LogP) is 5.34. The molecule has 4 heteroatoms. The molecule has 150 valence electrons. The maximum atomic E-state index is 5.95. The van der Waals surface area contributed by atoms with Crippen molar-refractivity contribution in [1.82, 2.24) is 5.16 Å². The number of hydrogen-bond donors (Lipinski definition) is 0. The molecule has 2 aliphatic rings. The van der Waals surface area contributed by atoms with Crippen molar-refractivity contribution < 1.29 is 9.26 Å². The van der Waals surface area contributed by atoms with Gasteiger partial charge in [-0.3, -0.25) is 0 Å². The van der Waals surface area contributed by atoms with Crippen LogP contribution in [0.3, 0.4) is 0 Å². The van der Waals surface area contributed by atoms with Crippen molar-refractivity contribution in [2.75, 3.05) is 25.1 Å². The van der Waals surface area contributed by atoms with E-state index in [4.69, 9.17) is 9.26 Å². The molecule has 1 aliphatic heterocycles. The van der Waals surface area contributed by atoms with Gasteiger partial charge in [-0.05, 0) is 61.3 Å². The highest BCUT2D eigenvalue weighted by molar-refractivity contribution is 5.51. The molecule has 1 saturated heterocycles. The summed E-state index contributed by atoms with van der Waals surface area (Å²) in [5.74, 6) is 2.79. The van der Waals surface area contributed by atoms with Gasteiger partial charge >= 0.3 is 0 Å². The third kappa shape index (κ3) is 3.64. The zero-order valence-electron chi connectivity index (χ0n) is 17.0. The van der Waals surface area contributed by atoms with Gasteiger partial charge in [0.1, 0.15) is 5.75 Å². The molecule has 0 N–H and O–H groups in total. The summed E-state index contributed by atoms with van der Waals surface area (Å²) in [6.07, 6.45) is 5.59. The van der Waals surface area contributed by atoms with Crippen molar-refractivity contribution in [1.29, 1.82) is 0 Å². The SMILES string of the molecule is COc1ccc(C2Cc3c(noc3N3CCCC3)C(Cc3ccccc3)C2)cc1. The lowest BCUT2D eigenvalue weighted by molar-refractivity contribution is 0.399. The molecule has 2 heterocycles. The second-order valence-corrected chi connectivity index (χ2v) is 8.34. The standard InChI is InChI=1S/C25H28N2O2/c1-28-22-11-9-19(10-12-22)20-16-21(15-18-7-3-2-4-8-18)24-23(17-20)25(29-26-24)27-13-5-6-14-27/h2-4,7-12,20-21H,5-6,13-17H2,1H3. The summed E-state index contributed by atoms with van der Waals surface area (Å²) in [6.45, 7) is 2.16. The molecule has 0 saturated carbocycles. The summed E-state index contributed by atoms with van der Waals surface area (Å²) < 4.78 is 11.3. The van der Waals surface area contributed by atoms with Crippen LogP contribution in [0.15, 0.2) is 59.1 Å². The second-order valence-electron chi connectivity index (χ2n) is 8.34. The predicted molar refractivity (Wildman–Crippen MR) is 115 cm³/mol. The van der Waals surface area contributed by atoms with Crippen molar-refractivity contribution in [3.63, 3.8) is 0 Å². The minimum absolute atomic E-state index is 0.383. The largest absolute Gasteiger partial charge is 0.497 e. The van der Waals surface area contributed by atoms with E-state index in [1.807, 2.05) is 0 Å². The molecule has 1 aromatic heterocycles. The van der Waals surface area contributed by atoms with E-state index in [-0.39, 0.29) is 0 Å². The van der Waals surface area contributed by atoms with Crippen molar-refractivity contribution in [2.24, 2.45) is 0 Å². The molecule has 0 bridgehead atoms. The molecule has 0 amide bonds. The Hall–Kier alpha value is -2.75. The smallest absolute Gasteiger partial charge is 0.230 e. The van der Waals surface area contributed by atoms with E-state index in [1.54, 1.807) is 7.11 Å². The van der Waals surface area contributed by atoms with E-state index in [2.05, 4.69) is 64.7 Å². The third-order valence-electron chi connectivity index (χ3n) is 6.51. The van der Waals surface area contributed by atoms with Crippen molar-refractivity contribution in [3.8, 4) is 5.75 Å². The van der Waals surface area contributed by atoms with E-state index < -0.39 is 0 Å². The molecule has 1 fully saturated rings. The Morgan fingerprint density at radius 2 is 1.79 bits per heavy atom. The number of ether oxygens (including phenoxy) is 1. The monoisotopic (exact) mass is 388 g/mol. The summed E-state index contributed by atoms with van der Waals surface area (Å²) in [4.78, 5) is 2.39. The Balaban J connectivity index is 1.49. The van der Waals surface area contributed by atoms with Crippen LogP contribution in [0.5, 0.6) is 5.75 Å². The van der Waals surface area contributed by atoms with Crippen LogP contribution >= 0.6 is 0 Å². The van der Waals surface area contributed by atoms with Gasteiger partial charge in [-0.15, -0.1) is 0 Å². The average molecular weight is 389 g/mol. The number of aromatic nitrogens is 1. The molecule has 2 aromatic carbocycles. The summed E-state index contributed by atoms with van der Waals surface area (Å²) in [5.41, 5.74) is 5.26. The van der Waals surface area contributed by atoms with Gasteiger partial charge in [-0.2, -0.15) is 0 Å². The number of methoxy groups -OCH3 is 1. The number of rotatable bonds is 5. The van der Waals surface area contributed by atoms with Crippen molar-refractivity contribution in [2.45, 2.75) is 43.9 Å². The van der Waals surface area contributed by atoms with Crippen LogP contribution in [0.25, 0.3) is 0 Å². The normalized spacial score (nSPS) is 21.2. The van der Waals surface area contributed by atoms with Gasteiger partial charge < -0.3 is 14.2 Å². The molecular weight excluding hydrogens is 360 g/mol. The molecular formula is C25H28N2O2. The van der Waals surface area contributed by atoms with E-state index in [9.17, 15) is 0 Å². The highest BCUT2D eigenvalue weighted by Crippen LogP contribution is 2.45. The fourth-order valence-electron chi connectivity index (χ4n) is 4.99. The first kappa shape index (κ1) is 18.3. The fourth-order valence-corrected chi connectivity index (χ4v) is 4.99. The summed E-state index contributed by atoms with van der Waals surface area (Å²) >= 11 is 0. The molecule has 5 rings (SSSR count). The summed E-state index contributed by atoms with van der Waals surface area (Å²) in [6, 6.07) is 19.4. The maximum Gasteiger partial charge on any atom is 0.230 e. The molecule has 0 radical (unpaired) electrons. The van der Waals surface area contributed by atoms with Gasteiger partial charge in [0.15, 0.2) is 0 Å². The summed E-state index contributed by atoms with van der Waals surface area (Å²) in [7, 11) is 1.72. The van der Waals surface area contributed by atoms with Crippen LogP contribution in [-0.2, 0) is 12.8 Å². The summed E-state index contributed by atoms with van der Waals surface area (Å²) in [5, 5.41) is 4.60. The van der Waals surface area contributed by atoms with Crippen molar-refractivity contribution in [3.05, 3.63) is 77.0 Å². The number of anilines is 1. The molecule has 2 atom stereocenters. The Bertz CT molecular complexity index is 943. The lowest BCUT2D eigenvalue weighted by Crippen LogP contribution is -2.23. The minimum Gasteiger partial charge on any atom is -0.497 e. The molecule has 2 unspecified atom stereocenters. The Morgan fingerprint density at radius 1 is 1.03 bits per heavy atom. The van der Waals surface area contributed by atoms with E-state index in [0.29, 0.717) is 11.8 Å². The minimum atomic E-state index is 0.383. The Labute approximate surface area is 172 Å². The lowest BCUT2D eigenvalue weighted by atomic mass is 9.75. The quantitative estimate of drug-likeness (QED) is 0.591. The van der Waals surface area contributed by atoms with E-state index in [1.165, 1.54) is 35.2 Å². The first-order chi connectivity index (χ1) is 14.3. The van der Waals surface area contributed by atoms with Crippen LogP contribution < -0.4 is 9.64 Å². The molecule has 1 aliphatic carbocycles. The molecule has 3 aromatic rings. The van der Waals surface area contributed by atoms with Crippen LogP contribution in [0.4, 0.5) is 5.88 Å². The third-order valence-corrected chi connectivity index (χ3v) is 6.51. The lowest BCUT2D eigenvalue weighted by Gasteiger charge is -2.29. The first-order valence-corrected chi connectivity index (χ1v) is 10.7. The van der Waals surface area contributed by atoms with E-state index in [0.717, 1.165) is 44.0 Å². The van der Waals surface area contributed by atoms with Crippen LogP contribution in [0.1, 0.15) is 53.5 Å². The zero-order valence-corrected chi connectivity index (χ0v) is 17.0. The van der Waals surface area contributed by atoms with Gasteiger partial charge in [0.05, 0.1) is 12.8 Å². The molecule has 4 nitrogen and oxygen atoms in total. The number of benzene rings is 2. The van der Waals surface area contributed by atoms with Crippen LogP contribution in [0, 0.1) is 0 Å². The topological polar surface area (TPSA) is 38.5 Å². The fraction of sp³-hybridized carbons (Fsp3) is 0.400. The van der Waals surface area contributed by atoms with Gasteiger partial charge in [-0.25, -0.2) is 0 Å². The van der Waals surface area contributed by atoms with Gasteiger partial charge in [0.25, 0.3) is 0 Å². The Morgan fingerprint density at radius 3 is 2.52 bits per heavy atom. The highest BCUT2D eigenvalue weighted by Gasteiger charge is 2.35. The van der Waals surface area contributed by atoms with Gasteiger partial charge in [0, 0.05) is 24.6 Å². The first-order valence-electron chi connectivity index (χ1n) is 10.7. The number of nitrogens with zero attached hydrogens (tertiary/aromatic N) is 2. The second kappa shape index (κ2) is 7.94. The maximum absolute atomic E-state index is 5.95. The molecule has 29 heavy (non-hydrogen) atoms. The zero-order chi connectivity index (χ0) is 19.6. The number of fused-ring (bicyclic) bond motifs is 1. The van der Waals surface area contributed by atoms with E-state index >= 15 is 0 Å². The average Bonchev–Trinajstić information content (AvgIpc) is 3.44. The van der Waals surface area contributed by atoms with Crippen molar-refractivity contribution >= 4 is 5.88 Å². The Kier molecular flexibility index (Phi) is 5.01. The highest BCUT2D eigenvalue weighted by atomic mass is 16.5.